The molecule has 0 unspecified atom stereocenters. The van der Waals surface area contributed by atoms with Gasteiger partial charge >= 0.3 is 6.18 Å². The maximum atomic E-state index is 11.8. The van der Waals surface area contributed by atoms with Crippen molar-refractivity contribution in [2.24, 2.45) is 0 Å². The summed E-state index contributed by atoms with van der Waals surface area (Å²) in [6.45, 7) is 0. The molecule has 1 radical (unpaired) electrons. The summed E-state index contributed by atoms with van der Waals surface area (Å²) in [6, 6.07) is 4.13. The van der Waals surface area contributed by atoms with Gasteiger partial charge < -0.3 is 0 Å². The second-order valence-electron chi connectivity index (χ2n) is 1.77. The van der Waals surface area contributed by atoms with Gasteiger partial charge in [-0.15, -0.1) is 0 Å². The predicted molar refractivity (Wildman–Crippen MR) is 33.1 cm³/mol. The largest absolute Gasteiger partial charge is 0.433 e. The Morgan fingerprint density at radius 2 is 2.00 bits per heavy atom. The minimum Gasteiger partial charge on any atom is -0.232 e. The molecule has 0 saturated heterocycles. The lowest BCUT2D eigenvalue weighted by atomic mass is 10.3. The van der Waals surface area contributed by atoms with E-state index < -0.39 is 11.9 Å². The molecule has 1 rings (SSSR count). The zero-order valence-electron chi connectivity index (χ0n) is 5.11. The molecular formula is C6H2ClF3N. The molecule has 0 N–H and O–H groups in total. The van der Waals surface area contributed by atoms with E-state index in [4.69, 9.17) is 11.6 Å². The van der Waals surface area contributed by atoms with Crippen LogP contribution >= 0.6 is 11.6 Å². The number of hydrogen-bond donors (Lipinski definition) is 0. The standard InChI is InChI=1S/C6H2ClF3N/c7-5-3-1-2-4(11-5)6(8,9)10/h2-3H. The van der Waals surface area contributed by atoms with Gasteiger partial charge in [0, 0.05) is 0 Å². The molecule has 0 amide bonds. The van der Waals surface area contributed by atoms with E-state index in [1.807, 2.05) is 0 Å². The van der Waals surface area contributed by atoms with E-state index in [9.17, 15) is 13.2 Å². The Hall–Kier alpha value is -0.770. The molecule has 1 nitrogen and oxygen atoms in total. The van der Waals surface area contributed by atoms with Crippen LogP contribution < -0.4 is 0 Å². The maximum absolute atomic E-state index is 11.8. The summed E-state index contributed by atoms with van der Waals surface area (Å²) in [7, 11) is 0. The summed E-state index contributed by atoms with van der Waals surface area (Å²) in [6.07, 6.45) is -4.44. The highest BCUT2D eigenvalue weighted by atomic mass is 35.5. The van der Waals surface area contributed by atoms with Crippen LogP contribution in [0.5, 0.6) is 0 Å². The van der Waals surface area contributed by atoms with Crippen LogP contribution in [0.15, 0.2) is 12.1 Å². The van der Waals surface area contributed by atoms with Crippen molar-refractivity contribution in [2.75, 3.05) is 0 Å². The quantitative estimate of drug-likeness (QED) is 0.559. The van der Waals surface area contributed by atoms with Crippen molar-refractivity contribution in [1.82, 2.24) is 4.98 Å². The first-order valence-corrected chi connectivity index (χ1v) is 2.99. The smallest absolute Gasteiger partial charge is 0.232 e. The number of alkyl halides is 3. The molecule has 0 aromatic carbocycles. The molecular weight excluding hydrogens is 179 g/mol. The Bertz CT molecular complexity index is 258. The number of aromatic nitrogens is 1. The topological polar surface area (TPSA) is 12.9 Å². The van der Waals surface area contributed by atoms with E-state index in [2.05, 4.69) is 11.1 Å². The first kappa shape index (κ1) is 8.33. The molecule has 5 heteroatoms. The fraction of sp³-hybridized carbons (Fsp3) is 0.167. The lowest BCUT2D eigenvalue weighted by molar-refractivity contribution is -0.141. The Balaban J connectivity index is 3.06. The van der Waals surface area contributed by atoms with Crippen molar-refractivity contribution in [3.63, 3.8) is 0 Å². The third-order valence-corrected chi connectivity index (χ3v) is 1.13. The fourth-order valence-corrected chi connectivity index (χ4v) is 0.668. The van der Waals surface area contributed by atoms with Crippen LogP contribution in [0.25, 0.3) is 0 Å². The molecule has 11 heavy (non-hydrogen) atoms. The fourth-order valence-electron chi connectivity index (χ4n) is 0.514. The summed E-state index contributed by atoms with van der Waals surface area (Å²) < 4.78 is 35.5. The molecule has 0 spiro atoms. The zero-order chi connectivity index (χ0) is 8.48. The monoisotopic (exact) mass is 180 g/mol. The summed E-state index contributed by atoms with van der Waals surface area (Å²) in [5.41, 5.74) is -1.02. The summed E-state index contributed by atoms with van der Waals surface area (Å²) >= 11 is 5.21. The number of rotatable bonds is 0. The molecule has 59 valence electrons. The molecule has 1 heterocycles. The number of halogens is 4. The van der Waals surface area contributed by atoms with Crippen molar-refractivity contribution in [1.29, 1.82) is 0 Å². The summed E-state index contributed by atoms with van der Waals surface area (Å²) in [5.74, 6) is 0. The number of pyridine rings is 1. The zero-order valence-corrected chi connectivity index (χ0v) is 5.87. The van der Waals surface area contributed by atoms with E-state index in [1.165, 1.54) is 0 Å². The molecule has 0 fully saturated rings. The highest BCUT2D eigenvalue weighted by molar-refractivity contribution is 6.29. The van der Waals surface area contributed by atoms with Gasteiger partial charge in [-0.2, -0.15) is 13.2 Å². The molecule has 0 aliphatic heterocycles. The van der Waals surface area contributed by atoms with Gasteiger partial charge in [-0.05, 0) is 18.2 Å². The van der Waals surface area contributed by atoms with Crippen molar-refractivity contribution in [2.45, 2.75) is 6.18 Å². The number of hydrogen-bond acceptors (Lipinski definition) is 1. The van der Waals surface area contributed by atoms with Crippen LogP contribution in [0, 0.1) is 6.07 Å². The molecule has 0 aliphatic carbocycles. The highest BCUT2D eigenvalue weighted by Crippen LogP contribution is 2.27. The van der Waals surface area contributed by atoms with Gasteiger partial charge in [-0.1, -0.05) is 11.6 Å². The molecule has 0 bridgehead atoms. The van der Waals surface area contributed by atoms with Crippen LogP contribution in [0.4, 0.5) is 13.2 Å². The first-order chi connectivity index (χ1) is 5.00. The average molecular weight is 181 g/mol. The second-order valence-corrected chi connectivity index (χ2v) is 2.16. The Labute approximate surface area is 65.8 Å². The third-order valence-electron chi connectivity index (χ3n) is 0.940. The maximum Gasteiger partial charge on any atom is 0.433 e. The second kappa shape index (κ2) is 2.70. The molecule has 1 aromatic heterocycles. The lowest BCUT2D eigenvalue weighted by Gasteiger charge is -2.03. The molecule has 0 saturated carbocycles. The van der Waals surface area contributed by atoms with Crippen LogP contribution in [0.2, 0.25) is 5.15 Å². The van der Waals surface area contributed by atoms with E-state index in [-0.39, 0.29) is 5.15 Å². The third kappa shape index (κ3) is 2.08. The highest BCUT2D eigenvalue weighted by Gasteiger charge is 2.32. The van der Waals surface area contributed by atoms with Gasteiger partial charge in [-0.25, -0.2) is 4.98 Å². The van der Waals surface area contributed by atoms with Gasteiger partial charge in [-0.3, -0.25) is 0 Å². The molecule has 0 atom stereocenters. The SMILES string of the molecule is FC(F)(F)c1c[c]cc(Cl)n1. The minimum atomic E-state index is -4.44. The van der Waals surface area contributed by atoms with E-state index in [0.29, 0.717) is 0 Å². The van der Waals surface area contributed by atoms with Gasteiger partial charge in [0.25, 0.3) is 0 Å². The minimum absolute atomic E-state index is 0.208. The molecule has 1 aromatic rings. The van der Waals surface area contributed by atoms with E-state index in [0.717, 1.165) is 12.1 Å². The Kier molecular flexibility index (Phi) is 2.04. The van der Waals surface area contributed by atoms with Gasteiger partial charge in [0.05, 0.1) is 0 Å². The van der Waals surface area contributed by atoms with Crippen LogP contribution in [-0.2, 0) is 6.18 Å². The van der Waals surface area contributed by atoms with Crippen molar-refractivity contribution in [3.8, 4) is 0 Å². The van der Waals surface area contributed by atoms with E-state index >= 15 is 0 Å². The normalized spacial score (nSPS) is 11.6. The van der Waals surface area contributed by atoms with Crippen LogP contribution in [0.3, 0.4) is 0 Å². The predicted octanol–water partition coefficient (Wildman–Crippen LogP) is 2.55. The summed E-state index contributed by atoms with van der Waals surface area (Å²) in [5, 5.41) is -0.208. The van der Waals surface area contributed by atoms with Gasteiger partial charge in [0.15, 0.2) is 0 Å². The van der Waals surface area contributed by atoms with E-state index in [1.54, 1.807) is 0 Å². The van der Waals surface area contributed by atoms with Gasteiger partial charge in [0.2, 0.25) is 0 Å². The molecule has 0 aliphatic rings. The van der Waals surface area contributed by atoms with Crippen molar-refractivity contribution in [3.05, 3.63) is 29.0 Å². The summed E-state index contributed by atoms with van der Waals surface area (Å²) in [4.78, 5) is 3.05. The average Bonchev–Trinajstić information content (AvgIpc) is 1.86. The Morgan fingerprint density at radius 3 is 2.36 bits per heavy atom. The van der Waals surface area contributed by atoms with Gasteiger partial charge in [0.1, 0.15) is 10.8 Å². The van der Waals surface area contributed by atoms with Crippen molar-refractivity contribution < 1.29 is 13.2 Å². The van der Waals surface area contributed by atoms with Crippen LogP contribution in [-0.4, -0.2) is 4.98 Å². The van der Waals surface area contributed by atoms with Crippen LogP contribution in [0.1, 0.15) is 5.69 Å². The Morgan fingerprint density at radius 1 is 1.36 bits per heavy atom. The first-order valence-electron chi connectivity index (χ1n) is 2.61. The lowest BCUT2D eigenvalue weighted by Crippen LogP contribution is -2.07. The van der Waals surface area contributed by atoms with Crippen molar-refractivity contribution >= 4 is 11.6 Å². The number of nitrogens with zero attached hydrogens (tertiary/aromatic N) is 1.